The van der Waals surface area contributed by atoms with Crippen molar-refractivity contribution >= 4 is 11.3 Å². The van der Waals surface area contributed by atoms with Crippen LogP contribution in [0.1, 0.15) is 18.4 Å². The number of aryl methyl sites for hydroxylation is 2. The van der Waals surface area contributed by atoms with Crippen molar-refractivity contribution < 1.29 is 9.15 Å². The Balaban J connectivity index is 1.71. The molecule has 0 N–H and O–H groups in total. The van der Waals surface area contributed by atoms with Gasteiger partial charge in [-0.15, -0.1) is 0 Å². The van der Waals surface area contributed by atoms with Gasteiger partial charge in [0.1, 0.15) is 18.1 Å². The van der Waals surface area contributed by atoms with Gasteiger partial charge in [-0.25, -0.2) is 4.98 Å². The number of thiophene rings is 1. The summed E-state index contributed by atoms with van der Waals surface area (Å²) in [7, 11) is 0. The molecule has 3 aromatic rings. The third-order valence-electron chi connectivity index (χ3n) is 2.97. The Morgan fingerprint density at radius 3 is 3.05 bits per heavy atom. The first-order valence-electron chi connectivity index (χ1n) is 6.40. The minimum absolute atomic E-state index is 0.384. The molecular formula is C14H15N3O2S. The van der Waals surface area contributed by atoms with Crippen molar-refractivity contribution in [3.05, 3.63) is 40.7 Å². The zero-order valence-electron chi connectivity index (χ0n) is 11.4. The van der Waals surface area contributed by atoms with Crippen LogP contribution < -0.4 is 4.74 Å². The van der Waals surface area contributed by atoms with Gasteiger partial charge in [-0.2, -0.15) is 16.4 Å². The van der Waals surface area contributed by atoms with Crippen molar-refractivity contribution in [2.45, 2.75) is 27.0 Å². The first kappa shape index (κ1) is 12.9. The van der Waals surface area contributed by atoms with E-state index in [0.29, 0.717) is 12.5 Å². The molecule has 0 saturated carbocycles. The van der Waals surface area contributed by atoms with Crippen LogP contribution in [0.3, 0.4) is 0 Å². The molecule has 3 aromatic heterocycles. The second-order valence-corrected chi connectivity index (χ2v) is 5.13. The van der Waals surface area contributed by atoms with Gasteiger partial charge in [-0.3, -0.25) is 4.68 Å². The molecule has 6 heteroatoms. The molecule has 5 nitrogen and oxygen atoms in total. The Kier molecular flexibility index (Phi) is 3.56. The number of rotatable bonds is 5. The van der Waals surface area contributed by atoms with Gasteiger partial charge in [0.05, 0.1) is 12.4 Å². The van der Waals surface area contributed by atoms with E-state index in [0.717, 1.165) is 29.3 Å². The standard InChI is InChI=1S/C14H15N3O2S/c1-3-17-7-12(6-15-17)18-8-13-10(2)19-14(16-13)11-4-5-20-9-11/h4-7,9H,3,8H2,1-2H3. The van der Waals surface area contributed by atoms with Crippen LogP contribution in [0.5, 0.6) is 5.75 Å². The molecule has 3 heterocycles. The van der Waals surface area contributed by atoms with Gasteiger partial charge in [-0.05, 0) is 25.3 Å². The Morgan fingerprint density at radius 2 is 2.35 bits per heavy atom. The number of oxazole rings is 1. The summed E-state index contributed by atoms with van der Waals surface area (Å²) in [5.41, 5.74) is 1.82. The van der Waals surface area contributed by atoms with Crippen molar-refractivity contribution in [2.75, 3.05) is 0 Å². The third-order valence-corrected chi connectivity index (χ3v) is 3.65. The smallest absolute Gasteiger partial charge is 0.227 e. The monoisotopic (exact) mass is 289 g/mol. The van der Waals surface area contributed by atoms with Crippen LogP contribution in [0.15, 0.2) is 33.6 Å². The van der Waals surface area contributed by atoms with E-state index in [1.54, 1.807) is 17.5 Å². The van der Waals surface area contributed by atoms with E-state index in [1.165, 1.54) is 0 Å². The van der Waals surface area contributed by atoms with Crippen molar-refractivity contribution in [1.82, 2.24) is 14.8 Å². The maximum atomic E-state index is 5.68. The van der Waals surface area contributed by atoms with E-state index in [-0.39, 0.29) is 0 Å². The highest BCUT2D eigenvalue weighted by atomic mass is 32.1. The van der Waals surface area contributed by atoms with Crippen LogP contribution >= 0.6 is 11.3 Å². The first-order chi connectivity index (χ1) is 9.76. The SMILES string of the molecule is CCn1cc(OCc2nc(-c3ccsc3)oc2C)cn1. The van der Waals surface area contributed by atoms with E-state index >= 15 is 0 Å². The molecule has 3 rings (SSSR count). The maximum absolute atomic E-state index is 5.68. The fourth-order valence-corrected chi connectivity index (χ4v) is 2.45. The topological polar surface area (TPSA) is 53.1 Å². The first-order valence-corrected chi connectivity index (χ1v) is 7.34. The Morgan fingerprint density at radius 1 is 1.45 bits per heavy atom. The van der Waals surface area contributed by atoms with Crippen molar-refractivity contribution in [1.29, 1.82) is 0 Å². The van der Waals surface area contributed by atoms with E-state index in [2.05, 4.69) is 10.1 Å². The van der Waals surface area contributed by atoms with Gasteiger partial charge in [0, 0.05) is 17.5 Å². The number of ether oxygens (including phenoxy) is 1. The number of nitrogens with zero attached hydrogens (tertiary/aromatic N) is 3. The molecule has 0 unspecified atom stereocenters. The molecule has 0 aliphatic rings. The van der Waals surface area contributed by atoms with Gasteiger partial charge < -0.3 is 9.15 Å². The molecule has 20 heavy (non-hydrogen) atoms. The normalized spacial score (nSPS) is 10.9. The summed E-state index contributed by atoms with van der Waals surface area (Å²) in [6.07, 6.45) is 3.58. The summed E-state index contributed by atoms with van der Waals surface area (Å²) >= 11 is 1.62. The van der Waals surface area contributed by atoms with Gasteiger partial charge in [0.15, 0.2) is 5.75 Å². The molecule has 0 fully saturated rings. The van der Waals surface area contributed by atoms with Crippen molar-refractivity contribution in [3.63, 3.8) is 0 Å². The maximum Gasteiger partial charge on any atom is 0.227 e. The fraction of sp³-hybridized carbons (Fsp3) is 0.286. The summed E-state index contributed by atoms with van der Waals surface area (Å²) in [6.45, 7) is 5.15. The molecular weight excluding hydrogens is 274 g/mol. The van der Waals surface area contributed by atoms with E-state index in [9.17, 15) is 0 Å². The van der Waals surface area contributed by atoms with Crippen LogP contribution in [0.4, 0.5) is 0 Å². The Labute approximate surface area is 120 Å². The second-order valence-electron chi connectivity index (χ2n) is 4.35. The third kappa shape index (κ3) is 2.60. The van der Waals surface area contributed by atoms with Crippen LogP contribution in [-0.2, 0) is 13.2 Å². The van der Waals surface area contributed by atoms with E-state index < -0.39 is 0 Å². The lowest BCUT2D eigenvalue weighted by Gasteiger charge is -2.00. The summed E-state index contributed by atoms with van der Waals surface area (Å²) in [5, 5.41) is 8.18. The highest BCUT2D eigenvalue weighted by molar-refractivity contribution is 7.08. The van der Waals surface area contributed by atoms with Crippen LogP contribution in [0, 0.1) is 6.92 Å². The van der Waals surface area contributed by atoms with Crippen LogP contribution in [0.2, 0.25) is 0 Å². The van der Waals surface area contributed by atoms with Crippen molar-refractivity contribution in [3.8, 4) is 17.2 Å². The summed E-state index contributed by atoms with van der Waals surface area (Å²) in [4.78, 5) is 4.48. The van der Waals surface area contributed by atoms with Crippen LogP contribution in [0.25, 0.3) is 11.5 Å². The van der Waals surface area contributed by atoms with Gasteiger partial charge in [0.25, 0.3) is 0 Å². The van der Waals surface area contributed by atoms with E-state index in [1.807, 2.05) is 41.6 Å². The predicted octanol–water partition coefficient (Wildman–Crippen LogP) is 3.51. The zero-order chi connectivity index (χ0) is 13.9. The number of hydrogen-bond acceptors (Lipinski definition) is 5. The molecule has 0 saturated heterocycles. The molecule has 0 radical (unpaired) electrons. The zero-order valence-corrected chi connectivity index (χ0v) is 12.2. The average molecular weight is 289 g/mol. The minimum Gasteiger partial charge on any atom is -0.484 e. The summed E-state index contributed by atoms with van der Waals surface area (Å²) in [5.74, 6) is 2.17. The molecule has 0 aliphatic heterocycles. The summed E-state index contributed by atoms with van der Waals surface area (Å²) in [6, 6.07) is 1.99. The molecule has 0 aromatic carbocycles. The molecule has 0 atom stereocenters. The number of hydrogen-bond donors (Lipinski definition) is 0. The van der Waals surface area contributed by atoms with Crippen LogP contribution in [-0.4, -0.2) is 14.8 Å². The molecule has 0 bridgehead atoms. The Hall–Kier alpha value is -2.08. The predicted molar refractivity (Wildman–Crippen MR) is 76.8 cm³/mol. The van der Waals surface area contributed by atoms with Gasteiger partial charge in [-0.1, -0.05) is 0 Å². The van der Waals surface area contributed by atoms with Gasteiger partial charge >= 0.3 is 0 Å². The lowest BCUT2D eigenvalue weighted by molar-refractivity contribution is 0.299. The van der Waals surface area contributed by atoms with E-state index in [4.69, 9.17) is 9.15 Å². The Bertz CT molecular complexity index is 685. The largest absolute Gasteiger partial charge is 0.484 e. The summed E-state index contributed by atoms with van der Waals surface area (Å²) < 4.78 is 13.2. The second kappa shape index (κ2) is 5.50. The highest BCUT2D eigenvalue weighted by Crippen LogP contribution is 2.24. The molecule has 104 valence electrons. The molecule has 0 amide bonds. The minimum atomic E-state index is 0.384. The lowest BCUT2D eigenvalue weighted by Crippen LogP contribution is -1.97. The lowest BCUT2D eigenvalue weighted by atomic mass is 10.3. The van der Waals surface area contributed by atoms with Crippen molar-refractivity contribution in [2.24, 2.45) is 0 Å². The highest BCUT2D eigenvalue weighted by Gasteiger charge is 2.12. The number of aromatic nitrogens is 3. The quantitative estimate of drug-likeness (QED) is 0.721. The van der Waals surface area contributed by atoms with Gasteiger partial charge in [0.2, 0.25) is 5.89 Å². The average Bonchev–Trinajstić information content (AvgIpc) is 3.17. The fourth-order valence-electron chi connectivity index (χ4n) is 1.82. The molecule has 0 aliphatic carbocycles. The molecule has 0 spiro atoms.